The first-order valence-electron chi connectivity index (χ1n) is 7.32. The fourth-order valence-corrected chi connectivity index (χ4v) is 8.17. The van der Waals surface area contributed by atoms with E-state index in [1.807, 2.05) is 50.0 Å². The van der Waals surface area contributed by atoms with Gasteiger partial charge in [-0.25, -0.2) is 4.39 Å². The quantitative estimate of drug-likeness (QED) is 0.494. The van der Waals surface area contributed by atoms with Crippen molar-refractivity contribution >= 4 is 15.7 Å². The van der Waals surface area contributed by atoms with Crippen molar-refractivity contribution in [1.29, 1.82) is 0 Å². The third-order valence-corrected chi connectivity index (χ3v) is 11.0. The van der Waals surface area contributed by atoms with E-state index in [4.69, 9.17) is 9.05 Å². The smallest absolute Gasteiger partial charge is 0.307 e. The fourth-order valence-electron chi connectivity index (χ4n) is 2.22. The van der Waals surface area contributed by atoms with E-state index in [-0.39, 0.29) is 19.6 Å². The van der Waals surface area contributed by atoms with Gasteiger partial charge in [0.25, 0.3) is 0 Å². The summed E-state index contributed by atoms with van der Waals surface area (Å²) >= 11 is 0. The highest BCUT2D eigenvalue weighted by Crippen LogP contribution is 2.65. The molecule has 0 saturated carbocycles. The average molecular weight is 332 g/mol. The van der Waals surface area contributed by atoms with E-state index in [2.05, 4.69) is 0 Å². The van der Waals surface area contributed by atoms with Gasteiger partial charge in [0.1, 0.15) is 8.07 Å². The van der Waals surface area contributed by atoms with E-state index in [9.17, 15) is 4.57 Å². The molecular weight excluding hydrogens is 306 g/mol. The Morgan fingerprint density at radius 2 is 1.57 bits per heavy atom. The lowest BCUT2D eigenvalue weighted by Gasteiger charge is -2.40. The van der Waals surface area contributed by atoms with Gasteiger partial charge >= 0.3 is 7.60 Å². The second-order valence-corrected chi connectivity index (χ2v) is 13.9. The topological polar surface area (TPSA) is 35.5 Å². The minimum Gasteiger partial charge on any atom is -0.307 e. The molecule has 1 aromatic carbocycles. The van der Waals surface area contributed by atoms with Gasteiger partial charge < -0.3 is 9.05 Å². The number of benzene rings is 1. The first-order valence-corrected chi connectivity index (χ1v) is 12.4. The predicted molar refractivity (Wildman–Crippen MR) is 88.2 cm³/mol. The summed E-state index contributed by atoms with van der Waals surface area (Å²) in [4.78, 5) is 0. The molecule has 21 heavy (non-hydrogen) atoms. The summed E-state index contributed by atoms with van der Waals surface area (Å²) in [5.74, 6) is 0. The molecule has 0 spiro atoms. The van der Waals surface area contributed by atoms with E-state index in [1.165, 1.54) is 0 Å². The Hall–Kier alpha value is -0.483. The first kappa shape index (κ1) is 18.6. The molecule has 0 aliphatic rings. The van der Waals surface area contributed by atoms with Gasteiger partial charge in [-0.2, -0.15) is 0 Å². The normalized spacial score (nSPS) is 15.7. The molecule has 0 heterocycles. The zero-order valence-electron chi connectivity index (χ0n) is 13.6. The van der Waals surface area contributed by atoms with E-state index in [1.54, 1.807) is 13.8 Å². The van der Waals surface area contributed by atoms with Gasteiger partial charge in [0.15, 0.2) is 0 Å². The molecule has 6 heteroatoms. The summed E-state index contributed by atoms with van der Waals surface area (Å²) in [7, 11) is -6.32. The average Bonchev–Trinajstić information content (AvgIpc) is 2.39. The van der Waals surface area contributed by atoms with Crippen LogP contribution in [0.2, 0.25) is 19.6 Å². The maximum Gasteiger partial charge on any atom is 0.364 e. The van der Waals surface area contributed by atoms with Gasteiger partial charge in [-0.1, -0.05) is 50.0 Å². The summed E-state index contributed by atoms with van der Waals surface area (Å²) in [6.45, 7) is 9.34. The molecule has 0 saturated heterocycles. The molecule has 0 aliphatic heterocycles. The summed E-state index contributed by atoms with van der Waals surface area (Å²) in [5.41, 5.74) is 0.807. The maximum atomic E-state index is 16.0. The van der Waals surface area contributed by atoms with Gasteiger partial charge in [-0.3, -0.25) is 4.57 Å². The van der Waals surface area contributed by atoms with Gasteiger partial charge in [-0.05, 0) is 19.4 Å². The molecular formula is C15H26FO3PSi. The molecule has 0 radical (unpaired) electrons. The molecule has 1 rings (SSSR count). The highest BCUT2D eigenvalue weighted by atomic mass is 31.2. The van der Waals surface area contributed by atoms with Crippen LogP contribution in [0.4, 0.5) is 4.39 Å². The van der Waals surface area contributed by atoms with Crippen LogP contribution in [-0.4, -0.2) is 26.3 Å². The van der Waals surface area contributed by atoms with Crippen LogP contribution in [0.3, 0.4) is 0 Å². The van der Waals surface area contributed by atoms with Crippen LogP contribution in [-0.2, 0) is 20.0 Å². The Labute approximate surface area is 128 Å². The van der Waals surface area contributed by atoms with E-state index < -0.39 is 20.7 Å². The lowest BCUT2D eigenvalue weighted by Crippen LogP contribution is -2.50. The van der Waals surface area contributed by atoms with Crippen molar-refractivity contribution in [1.82, 2.24) is 0 Å². The van der Waals surface area contributed by atoms with Crippen LogP contribution in [0.5, 0.6) is 0 Å². The molecule has 3 nitrogen and oxygen atoms in total. The number of alkyl halides is 1. The fraction of sp³-hybridized carbons (Fsp3) is 0.600. The number of rotatable bonds is 8. The lowest BCUT2D eigenvalue weighted by molar-refractivity contribution is 0.173. The largest absolute Gasteiger partial charge is 0.364 e. The summed E-state index contributed by atoms with van der Waals surface area (Å²) in [6.07, 6.45) is 0.0564. The molecule has 1 unspecified atom stereocenters. The van der Waals surface area contributed by atoms with Crippen LogP contribution in [0.15, 0.2) is 30.3 Å². The second-order valence-electron chi connectivity index (χ2n) is 6.00. The highest BCUT2D eigenvalue weighted by Gasteiger charge is 2.60. The van der Waals surface area contributed by atoms with Crippen LogP contribution in [0.25, 0.3) is 0 Å². The van der Waals surface area contributed by atoms with Gasteiger partial charge in [-0.15, -0.1) is 0 Å². The predicted octanol–water partition coefficient (Wildman–Crippen LogP) is 5.04. The standard InChI is InChI=1S/C15H26FO3PSi/c1-6-18-20(17,19-7-2)15(16,21(3,4)5)13-14-11-9-8-10-12-14/h8-12H,6-7,13H2,1-5H3. The van der Waals surface area contributed by atoms with E-state index in [0.717, 1.165) is 5.56 Å². The molecule has 0 amide bonds. The first-order chi connectivity index (χ1) is 9.70. The monoisotopic (exact) mass is 332 g/mol. The minimum atomic E-state index is -3.83. The Bertz CT molecular complexity index is 479. The van der Waals surface area contributed by atoms with Crippen LogP contribution >= 0.6 is 7.60 Å². The lowest BCUT2D eigenvalue weighted by atomic mass is 10.2. The summed E-state index contributed by atoms with van der Waals surface area (Å²) in [6, 6.07) is 9.27. The number of halogens is 1. The van der Waals surface area contributed by atoms with Crippen molar-refractivity contribution in [2.24, 2.45) is 0 Å². The molecule has 0 bridgehead atoms. The zero-order chi connectivity index (χ0) is 16.1. The third kappa shape index (κ3) is 4.04. The van der Waals surface area contributed by atoms with E-state index >= 15 is 4.39 Å². The van der Waals surface area contributed by atoms with Crippen LogP contribution < -0.4 is 0 Å². The molecule has 0 aliphatic carbocycles. The number of hydrogen-bond donors (Lipinski definition) is 0. The molecule has 0 aromatic heterocycles. The molecule has 1 aromatic rings. The molecule has 1 atom stereocenters. The van der Waals surface area contributed by atoms with Crippen molar-refractivity contribution in [3.63, 3.8) is 0 Å². The van der Waals surface area contributed by atoms with Crippen molar-refractivity contribution in [3.05, 3.63) is 35.9 Å². The SMILES string of the molecule is CCOP(=O)(OCC)C(F)(Cc1ccccc1)[Si](C)(C)C. The molecule has 120 valence electrons. The molecule has 0 fully saturated rings. The van der Waals surface area contributed by atoms with Crippen LogP contribution in [0.1, 0.15) is 19.4 Å². The Balaban J connectivity index is 3.28. The molecule has 0 N–H and O–H groups in total. The summed E-state index contributed by atoms with van der Waals surface area (Å²) in [5, 5.41) is -1.95. The number of hydrogen-bond acceptors (Lipinski definition) is 3. The van der Waals surface area contributed by atoms with E-state index in [0.29, 0.717) is 0 Å². The maximum absolute atomic E-state index is 16.0. The van der Waals surface area contributed by atoms with Crippen molar-refractivity contribution in [2.75, 3.05) is 13.2 Å². The summed E-state index contributed by atoms with van der Waals surface area (Å²) < 4.78 is 39.7. The van der Waals surface area contributed by atoms with Gasteiger partial charge in [0.2, 0.25) is 5.03 Å². The Morgan fingerprint density at radius 3 is 1.95 bits per heavy atom. The highest BCUT2D eigenvalue weighted by molar-refractivity contribution is 7.59. The Kier molecular flexibility index (Phi) is 6.35. The van der Waals surface area contributed by atoms with Crippen LogP contribution in [0, 0.1) is 0 Å². The third-order valence-electron chi connectivity index (χ3n) is 3.46. The van der Waals surface area contributed by atoms with Gasteiger partial charge in [0.05, 0.1) is 13.2 Å². The van der Waals surface area contributed by atoms with Crippen molar-refractivity contribution in [3.8, 4) is 0 Å². The second kappa shape index (κ2) is 7.19. The van der Waals surface area contributed by atoms with Crippen molar-refractivity contribution < 1.29 is 18.0 Å². The van der Waals surface area contributed by atoms with Gasteiger partial charge in [0, 0.05) is 6.42 Å². The zero-order valence-corrected chi connectivity index (χ0v) is 15.5. The Morgan fingerprint density at radius 1 is 1.10 bits per heavy atom. The minimum absolute atomic E-state index is 0.0564. The van der Waals surface area contributed by atoms with Crippen molar-refractivity contribution in [2.45, 2.75) is 44.9 Å².